The van der Waals surface area contributed by atoms with Crippen LogP contribution >= 0.6 is 0 Å². The maximum absolute atomic E-state index is 2.00. The van der Waals surface area contributed by atoms with Crippen LogP contribution in [0.25, 0.3) is 0 Å². The second-order valence-corrected chi connectivity index (χ2v) is 2.90. The minimum atomic E-state index is 2.00. The molecule has 0 atom stereocenters. The van der Waals surface area contributed by atoms with Crippen LogP contribution in [-0.4, -0.2) is 10.0 Å². The molecule has 0 saturated carbocycles. The Bertz CT molecular complexity index is 289. The minimum absolute atomic E-state index is 2.00. The number of hydrazine groups is 1. The van der Waals surface area contributed by atoms with Crippen molar-refractivity contribution in [1.29, 1.82) is 0 Å². The molecule has 0 bridgehead atoms. The number of hydrogen-bond acceptors (Lipinski definition) is 2. The molecule has 0 amide bonds. The van der Waals surface area contributed by atoms with Gasteiger partial charge in [-0.3, -0.25) is 10.0 Å². The number of hydrogen-bond donors (Lipinski definition) is 0. The highest BCUT2D eigenvalue weighted by atomic mass is 15.6. The molecule has 2 aliphatic heterocycles. The van der Waals surface area contributed by atoms with E-state index in [1.54, 1.807) is 0 Å². The summed E-state index contributed by atoms with van der Waals surface area (Å²) in [5.41, 5.74) is 0. The van der Waals surface area contributed by atoms with E-state index in [0.717, 1.165) is 0 Å². The van der Waals surface area contributed by atoms with Gasteiger partial charge in [-0.25, -0.2) is 0 Å². The first-order valence-corrected chi connectivity index (χ1v) is 4.57. The summed E-state index contributed by atoms with van der Waals surface area (Å²) in [6.45, 7) is 0. The van der Waals surface area contributed by atoms with Crippen molar-refractivity contribution in [3.63, 3.8) is 0 Å². The van der Waals surface area contributed by atoms with Gasteiger partial charge in [-0.05, 0) is 24.3 Å². The number of nitrogens with zero attached hydrogens (tertiary/aromatic N) is 2. The lowest BCUT2D eigenvalue weighted by atomic mass is 10.5. The van der Waals surface area contributed by atoms with Gasteiger partial charge < -0.3 is 0 Å². The number of rotatable bonds is 1. The van der Waals surface area contributed by atoms with Crippen molar-refractivity contribution < 1.29 is 0 Å². The molecular formula is C12H12N2. The van der Waals surface area contributed by atoms with Crippen molar-refractivity contribution >= 4 is 0 Å². The van der Waals surface area contributed by atoms with E-state index in [4.69, 9.17) is 0 Å². The van der Waals surface area contributed by atoms with E-state index in [2.05, 4.69) is 0 Å². The summed E-state index contributed by atoms with van der Waals surface area (Å²) in [6, 6.07) is 0. The van der Waals surface area contributed by atoms with Gasteiger partial charge in [0.2, 0.25) is 0 Å². The molecule has 0 spiro atoms. The lowest BCUT2D eigenvalue weighted by Crippen LogP contribution is -2.24. The first kappa shape index (κ1) is 8.63. The molecule has 2 nitrogen and oxygen atoms in total. The van der Waals surface area contributed by atoms with Gasteiger partial charge in [0, 0.05) is 24.8 Å². The Morgan fingerprint density at radius 1 is 0.357 bits per heavy atom. The Labute approximate surface area is 84.1 Å². The van der Waals surface area contributed by atoms with Crippen LogP contribution in [0, 0.1) is 0 Å². The molecule has 2 rings (SSSR count). The fraction of sp³-hybridized carbons (Fsp3) is 0. The average Bonchev–Trinajstić information content (AvgIpc) is 2.62. The van der Waals surface area contributed by atoms with Gasteiger partial charge in [-0.15, -0.1) is 0 Å². The Morgan fingerprint density at radius 3 is 0.929 bits per heavy atom. The standard InChI is InChI=1S/C12H12N2/c1-2-6-10-13(9-5-1)14-11-7-3-4-8-12-14/h1-12H. The molecular weight excluding hydrogens is 172 g/mol. The summed E-state index contributed by atoms with van der Waals surface area (Å²) in [7, 11) is 0. The van der Waals surface area contributed by atoms with Crippen LogP contribution < -0.4 is 0 Å². The fourth-order valence-corrected chi connectivity index (χ4v) is 1.22. The molecule has 0 aromatic heterocycles. The van der Waals surface area contributed by atoms with Crippen LogP contribution in [-0.2, 0) is 0 Å². The molecule has 0 aromatic carbocycles. The molecule has 14 heavy (non-hydrogen) atoms. The van der Waals surface area contributed by atoms with Crippen LogP contribution in [0.1, 0.15) is 0 Å². The first-order valence-electron chi connectivity index (χ1n) is 4.57. The molecule has 2 heteroatoms. The highest BCUT2D eigenvalue weighted by Gasteiger charge is 2.00. The summed E-state index contributed by atoms with van der Waals surface area (Å²) in [4.78, 5) is 0. The Morgan fingerprint density at radius 2 is 0.643 bits per heavy atom. The minimum Gasteiger partial charge on any atom is -0.265 e. The third-order valence-electron chi connectivity index (χ3n) is 1.89. The molecule has 0 saturated heterocycles. The maximum atomic E-state index is 2.00. The molecule has 70 valence electrons. The molecule has 2 aliphatic rings. The van der Waals surface area contributed by atoms with Gasteiger partial charge in [0.15, 0.2) is 0 Å². The van der Waals surface area contributed by atoms with E-state index in [0.29, 0.717) is 0 Å². The van der Waals surface area contributed by atoms with Crippen molar-refractivity contribution in [3.8, 4) is 0 Å². The highest BCUT2D eigenvalue weighted by molar-refractivity contribution is 5.19. The van der Waals surface area contributed by atoms with Crippen LogP contribution in [0.5, 0.6) is 0 Å². The Hall–Kier alpha value is -1.96. The smallest absolute Gasteiger partial charge is 0.0267 e. The Kier molecular flexibility index (Phi) is 2.67. The van der Waals surface area contributed by atoms with Gasteiger partial charge >= 0.3 is 0 Å². The van der Waals surface area contributed by atoms with E-state index in [-0.39, 0.29) is 0 Å². The molecule has 2 heterocycles. The van der Waals surface area contributed by atoms with Crippen molar-refractivity contribution in [2.45, 2.75) is 0 Å². The average molecular weight is 184 g/mol. The first-order chi connectivity index (χ1) is 6.97. The summed E-state index contributed by atoms with van der Waals surface area (Å²) < 4.78 is 0. The van der Waals surface area contributed by atoms with E-state index in [9.17, 15) is 0 Å². The molecule has 0 aromatic rings. The topological polar surface area (TPSA) is 6.48 Å². The van der Waals surface area contributed by atoms with Gasteiger partial charge in [0.05, 0.1) is 0 Å². The van der Waals surface area contributed by atoms with Gasteiger partial charge in [0.1, 0.15) is 0 Å². The van der Waals surface area contributed by atoms with E-state index >= 15 is 0 Å². The van der Waals surface area contributed by atoms with Crippen LogP contribution in [0.15, 0.2) is 73.4 Å². The second-order valence-electron chi connectivity index (χ2n) is 2.90. The summed E-state index contributed by atoms with van der Waals surface area (Å²) in [5, 5.41) is 4.00. The normalized spacial score (nSPS) is 18.9. The summed E-state index contributed by atoms with van der Waals surface area (Å²) in [5.74, 6) is 0. The van der Waals surface area contributed by atoms with Crippen molar-refractivity contribution in [3.05, 3.63) is 73.4 Å². The van der Waals surface area contributed by atoms with Gasteiger partial charge in [-0.1, -0.05) is 24.3 Å². The fourth-order valence-electron chi connectivity index (χ4n) is 1.22. The summed E-state index contributed by atoms with van der Waals surface area (Å²) >= 11 is 0. The lowest BCUT2D eigenvalue weighted by Gasteiger charge is -2.26. The second kappa shape index (κ2) is 4.33. The summed E-state index contributed by atoms with van der Waals surface area (Å²) in [6.07, 6.45) is 24.0. The Balaban J connectivity index is 2.15. The maximum Gasteiger partial charge on any atom is 0.0267 e. The molecule has 0 N–H and O–H groups in total. The largest absolute Gasteiger partial charge is 0.265 e. The highest BCUT2D eigenvalue weighted by Crippen LogP contribution is 2.07. The third kappa shape index (κ3) is 2.04. The predicted octanol–water partition coefficient (Wildman–Crippen LogP) is 2.70. The van der Waals surface area contributed by atoms with E-state index in [1.807, 2.05) is 83.4 Å². The third-order valence-corrected chi connectivity index (χ3v) is 1.89. The zero-order valence-electron chi connectivity index (χ0n) is 7.82. The SMILES string of the molecule is C1=CC=CN(N2C=CC=CC=C2)C=C1. The van der Waals surface area contributed by atoms with E-state index in [1.165, 1.54) is 0 Å². The monoisotopic (exact) mass is 184 g/mol. The van der Waals surface area contributed by atoms with Crippen LogP contribution in [0.4, 0.5) is 0 Å². The molecule has 0 radical (unpaired) electrons. The van der Waals surface area contributed by atoms with E-state index < -0.39 is 0 Å². The quantitative estimate of drug-likeness (QED) is 0.618. The predicted molar refractivity (Wildman–Crippen MR) is 58.5 cm³/mol. The lowest BCUT2D eigenvalue weighted by molar-refractivity contribution is 0.204. The zero-order valence-corrected chi connectivity index (χ0v) is 7.82. The van der Waals surface area contributed by atoms with Crippen molar-refractivity contribution in [1.82, 2.24) is 10.0 Å². The van der Waals surface area contributed by atoms with Gasteiger partial charge in [0.25, 0.3) is 0 Å². The number of allylic oxidation sites excluding steroid dienone is 8. The molecule has 0 unspecified atom stereocenters. The van der Waals surface area contributed by atoms with Crippen LogP contribution in [0.2, 0.25) is 0 Å². The zero-order chi connectivity index (χ0) is 9.64. The van der Waals surface area contributed by atoms with Crippen LogP contribution in [0.3, 0.4) is 0 Å². The van der Waals surface area contributed by atoms with Crippen molar-refractivity contribution in [2.75, 3.05) is 0 Å². The molecule has 0 aliphatic carbocycles. The molecule has 0 fully saturated rings. The van der Waals surface area contributed by atoms with Gasteiger partial charge in [-0.2, -0.15) is 0 Å². The van der Waals surface area contributed by atoms with Crippen molar-refractivity contribution in [2.24, 2.45) is 0 Å².